The van der Waals surface area contributed by atoms with E-state index in [-0.39, 0.29) is 24.7 Å². The average molecular weight is 787 g/mol. The topological polar surface area (TPSA) is 181 Å². The Morgan fingerprint density at radius 1 is 0.940 bits per heavy atom. The molecule has 10 rings (SSSR count). The molecule has 4 saturated heterocycles. The van der Waals surface area contributed by atoms with Crippen molar-refractivity contribution < 1.29 is 46.3 Å². The second-order valence-corrected chi connectivity index (χ2v) is 20.3. The van der Waals surface area contributed by atoms with Gasteiger partial charge in [0.25, 0.3) is 0 Å². The molecule has 266 valence electrons. The third kappa shape index (κ3) is 5.57. The van der Waals surface area contributed by atoms with Crippen LogP contribution < -0.4 is 4.74 Å². The van der Waals surface area contributed by atoms with Gasteiger partial charge in [0.1, 0.15) is 54.8 Å². The van der Waals surface area contributed by atoms with E-state index in [1.807, 2.05) is 12.2 Å². The molecule has 1 spiro atoms. The Labute approximate surface area is 298 Å². The highest BCUT2D eigenvalue weighted by atomic mass is 32.9. The summed E-state index contributed by atoms with van der Waals surface area (Å²) in [6.45, 7) is -2.77. The highest BCUT2D eigenvalue weighted by Gasteiger charge is 2.68. The van der Waals surface area contributed by atoms with Gasteiger partial charge in [0, 0.05) is 0 Å². The van der Waals surface area contributed by atoms with Gasteiger partial charge in [-0.05, 0) is 43.4 Å². The van der Waals surface area contributed by atoms with Gasteiger partial charge in [-0.1, -0.05) is 24.4 Å². The predicted octanol–water partition coefficient (Wildman–Crippen LogP) is 3.03. The number of rotatable bonds is 0. The summed E-state index contributed by atoms with van der Waals surface area (Å²) in [5, 5.41) is 0. The summed E-state index contributed by atoms with van der Waals surface area (Å²) in [5.74, 6) is 0.204. The van der Waals surface area contributed by atoms with E-state index in [0.717, 1.165) is 5.69 Å². The quantitative estimate of drug-likeness (QED) is 0.151. The van der Waals surface area contributed by atoms with Gasteiger partial charge < -0.3 is 37.4 Å². The van der Waals surface area contributed by atoms with Crippen LogP contribution in [0.2, 0.25) is 0 Å². The van der Waals surface area contributed by atoms with Crippen molar-refractivity contribution in [1.29, 1.82) is 0 Å². The molecule has 6 aliphatic heterocycles. The molecule has 1 N–H and O–H groups in total. The minimum atomic E-state index is -4.06. The first-order valence-electron chi connectivity index (χ1n) is 15.6. The lowest BCUT2D eigenvalue weighted by molar-refractivity contribution is -0.214. The summed E-state index contributed by atoms with van der Waals surface area (Å²) < 4.78 is 69.1. The third-order valence-electron chi connectivity index (χ3n) is 9.41. The van der Waals surface area contributed by atoms with Crippen LogP contribution in [0, 0.1) is 0 Å². The van der Waals surface area contributed by atoms with Crippen molar-refractivity contribution in [2.75, 3.05) is 19.8 Å². The van der Waals surface area contributed by atoms with Gasteiger partial charge in [-0.25, -0.2) is 29.3 Å². The zero-order chi connectivity index (χ0) is 34.4. The van der Waals surface area contributed by atoms with Crippen molar-refractivity contribution in [1.82, 2.24) is 39.0 Å². The molecule has 4 aromatic heterocycles. The molecule has 15 bridgehead atoms. The van der Waals surface area contributed by atoms with Crippen LogP contribution in [-0.4, -0.2) is 106 Å². The summed E-state index contributed by atoms with van der Waals surface area (Å²) >= 11 is 15.8. The van der Waals surface area contributed by atoms with Gasteiger partial charge in [-0.3, -0.25) is 13.7 Å². The molecule has 4 fully saturated rings. The molecule has 4 aromatic rings. The lowest BCUT2D eigenvalue weighted by Crippen LogP contribution is -2.50. The Balaban J connectivity index is 1.16. The zero-order valence-electron chi connectivity index (χ0n) is 25.9. The van der Waals surface area contributed by atoms with Crippen LogP contribution in [0.4, 0.5) is 4.39 Å². The fourth-order valence-electron chi connectivity index (χ4n) is 7.01. The fraction of sp³-hybridized carbons (Fsp3) is 0.556. The molecule has 17 nitrogen and oxygen atoms in total. The number of hydrogen-bond donors (Lipinski definition) is 2. The first kappa shape index (κ1) is 33.7. The SMILES string of the molecule is C[C@@H]1O[C@H]2[C@H]3O[C@@]14COP(=S)(S)O[C@H]1[C@@H](F)[C@@H](O[C@@H]1COP(O)(=S)O[C@@H]24)n1cnc2c(ncnc21)OC/C=C/CCc1ncnc2c1ncn23. The third-order valence-corrected chi connectivity index (χ3v) is 13.1. The van der Waals surface area contributed by atoms with Crippen LogP contribution in [0.3, 0.4) is 0 Å². The second kappa shape index (κ2) is 12.5. The van der Waals surface area contributed by atoms with E-state index in [1.54, 1.807) is 17.8 Å². The molecular formula is C27H29FN8O9P2S3. The Bertz CT molecular complexity index is 2110. The number of alkyl halides is 1. The van der Waals surface area contributed by atoms with Gasteiger partial charge in [0.05, 0.1) is 37.7 Å². The maximum atomic E-state index is 16.5. The minimum Gasteiger partial charge on any atom is -0.472 e. The highest BCUT2D eigenvalue weighted by molar-refractivity contribution is 8.60. The number of hydrogen-bond acceptors (Lipinski definition) is 16. The summed E-state index contributed by atoms with van der Waals surface area (Å²) in [4.78, 5) is 38.0. The van der Waals surface area contributed by atoms with Crippen molar-refractivity contribution in [3.63, 3.8) is 0 Å². The molecule has 0 aliphatic carbocycles. The number of thiol groups is 1. The van der Waals surface area contributed by atoms with E-state index in [0.29, 0.717) is 29.5 Å². The van der Waals surface area contributed by atoms with Crippen LogP contribution >= 0.6 is 24.7 Å². The second-order valence-electron chi connectivity index (χ2n) is 12.3. The van der Waals surface area contributed by atoms with Gasteiger partial charge >= 0.3 is 6.72 Å². The number of halogens is 1. The van der Waals surface area contributed by atoms with Crippen molar-refractivity contribution in [2.24, 2.45) is 0 Å². The summed E-state index contributed by atoms with van der Waals surface area (Å²) in [6, 6.07) is 0. The van der Waals surface area contributed by atoms with E-state index in [9.17, 15) is 4.89 Å². The van der Waals surface area contributed by atoms with E-state index in [2.05, 4.69) is 42.2 Å². The molecule has 2 unspecified atom stereocenters. The van der Waals surface area contributed by atoms with E-state index < -0.39 is 73.8 Å². The smallest absolute Gasteiger partial charge is 0.325 e. The number of allylic oxidation sites excluding steroid dienone is 1. The average Bonchev–Trinajstić information content (AvgIpc) is 3.88. The first-order valence-corrected chi connectivity index (χ1v) is 22.0. The zero-order valence-corrected chi connectivity index (χ0v) is 30.3. The first-order chi connectivity index (χ1) is 24.0. The number of nitrogens with zero attached hydrogens (tertiary/aromatic N) is 8. The van der Waals surface area contributed by atoms with Crippen molar-refractivity contribution >= 4 is 70.6 Å². The van der Waals surface area contributed by atoms with Gasteiger partial charge in [-0.15, -0.1) is 0 Å². The Hall–Kier alpha value is -2.10. The lowest BCUT2D eigenvalue weighted by atomic mass is 9.94. The maximum Gasteiger partial charge on any atom is 0.325 e. The van der Waals surface area contributed by atoms with Crippen molar-refractivity contribution in [3.8, 4) is 5.88 Å². The number of aromatic nitrogens is 8. The van der Waals surface area contributed by atoms with Crippen LogP contribution in [0.5, 0.6) is 5.88 Å². The van der Waals surface area contributed by atoms with Gasteiger partial charge in [0.2, 0.25) is 11.6 Å². The van der Waals surface area contributed by atoms with Crippen LogP contribution in [0.15, 0.2) is 37.5 Å². The van der Waals surface area contributed by atoms with Crippen LogP contribution in [0.25, 0.3) is 22.3 Å². The van der Waals surface area contributed by atoms with E-state index in [4.69, 9.17) is 60.7 Å². The van der Waals surface area contributed by atoms with Crippen molar-refractivity contribution in [2.45, 2.75) is 74.5 Å². The minimum absolute atomic E-state index is 0.192. The molecule has 10 heterocycles. The molecule has 23 heteroatoms. The molecule has 11 atom stereocenters. The fourth-order valence-corrected chi connectivity index (χ4v) is 10.4. The highest BCUT2D eigenvalue weighted by Crippen LogP contribution is 2.62. The summed E-state index contributed by atoms with van der Waals surface area (Å²) in [5.41, 5.74) is -2.53. The predicted molar refractivity (Wildman–Crippen MR) is 181 cm³/mol. The molecular weight excluding hydrogens is 757 g/mol. The van der Waals surface area contributed by atoms with Crippen LogP contribution in [-0.2, 0) is 62.3 Å². The Morgan fingerprint density at radius 2 is 1.70 bits per heavy atom. The standard InChI is InChI=1S/C27H29FN8O9P2S3/c1-13-27-8-40-47(49,50)44-19-15-7-39-46(37,48)45-21(27)20(41-13)26(43-27)36-11-33-17-14(29-9-30-22(17)36)5-3-2-4-6-38-24-18-23(31-10-32-24)35(12-34-18)25(42-15)16(19)28/h2,4,9-13,15-16,19-21,25-26H,3,5-8H2,1H3,(H,37,48)(H,49,50)/b4-2+/t13-,15+,16+,19+,20+,21-,25+,26+,27-,46?/m0/s1. The number of imidazole rings is 2. The lowest BCUT2D eigenvalue weighted by Gasteiger charge is -2.38. The summed E-state index contributed by atoms with van der Waals surface area (Å²) in [7, 11) is 0. The molecule has 0 saturated carbocycles. The largest absolute Gasteiger partial charge is 0.472 e. The van der Waals surface area contributed by atoms with E-state index >= 15 is 4.39 Å². The number of ether oxygens (including phenoxy) is 4. The molecule has 0 aromatic carbocycles. The molecule has 6 aliphatic rings. The number of aryl methyl sites for hydroxylation is 1. The Morgan fingerprint density at radius 3 is 2.54 bits per heavy atom. The molecule has 0 radical (unpaired) electrons. The number of fused-ring (bicyclic) bond motifs is 10. The normalized spacial score (nSPS) is 41.0. The van der Waals surface area contributed by atoms with Crippen molar-refractivity contribution in [3.05, 3.63) is 43.2 Å². The maximum absolute atomic E-state index is 16.5. The van der Waals surface area contributed by atoms with Crippen LogP contribution in [0.1, 0.15) is 31.5 Å². The Kier molecular flexibility index (Phi) is 8.43. The molecule has 0 amide bonds. The summed E-state index contributed by atoms with van der Waals surface area (Å²) in [6.07, 6.45) is 1.83. The van der Waals surface area contributed by atoms with Gasteiger partial charge in [-0.2, -0.15) is 4.98 Å². The molecule has 50 heavy (non-hydrogen) atoms. The van der Waals surface area contributed by atoms with Gasteiger partial charge in [0.15, 0.2) is 35.4 Å². The monoisotopic (exact) mass is 786 g/mol. The van der Waals surface area contributed by atoms with E-state index in [1.165, 1.54) is 23.5 Å².